The molecule has 4 rings (SSSR count). The lowest BCUT2D eigenvalue weighted by Crippen LogP contribution is -2.66. The van der Waals surface area contributed by atoms with Crippen molar-refractivity contribution in [1.29, 1.82) is 0 Å². The number of aromatic nitrogens is 2. The average molecular weight is 366 g/mol. The Kier molecular flexibility index (Phi) is 5.34. The molecule has 1 spiro atoms. The van der Waals surface area contributed by atoms with Gasteiger partial charge in [-0.25, -0.2) is 9.97 Å². The van der Waals surface area contributed by atoms with E-state index in [1.165, 1.54) is 5.56 Å². The lowest BCUT2D eigenvalue weighted by molar-refractivity contribution is -0.187. The van der Waals surface area contributed by atoms with Crippen LogP contribution in [0.4, 0.5) is 5.95 Å². The van der Waals surface area contributed by atoms with Gasteiger partial charge in [-0.15, -0.1) is 0 Å². The Hall–Kier alpha value is -2.47. The van der Waals surface area contributed by atoms with Gasteiger partial charge in [-0.05, 0) is 36.8 Å². The summed E-state index contributed by atoms with van der Waals surface area (Å²) in [7, 11) is 0. The molecule has 3 heterocycles. The second kappa shape index (κ2) is 8.05. The number of nitrogens with zero attached hydrogens (tertiary/aromatic N) is 3. The Morgan fingerprint density at radius 3 is 2.67 bits per heavy atom. The van der Waals surface area contributed by atoms with Crippen molar-refractivity contribution in [3.8, 4) is 0 Å². The van der Waals surface area contributed by atoms with E-state index in [9.17, 15) is 4.79 Å². The largest absolute Gasteiger partial charge is 0.371 e. The molecule has 6 heteroatoms. The molecule has 0 bridgehead atoms. The van der Waals surface area contributed by atoms with E-state index in [-0.39, 0.29) is 11.5 Å². The molecule has 6 nitrogen and oxygen atoms in total. The number of nitrogens with one attached hydrogen (secondary N) is 1. The van der Waals surface area contributed by atoms with Crippen LogP contribution in [0.2, 0.25) is 0 Å². The van der Waals surface area contributed by atoms with E-state index in [1.54, 1.807) is 12.4 Å². The lowest BCUT2D eigenvalue weighted by Gasteiger charge is -2.52. The van der Waals surface area contributed by atoms with Gasteiger partial charge in [0.2, 0.25) is 11.9 Å². The molecule has 0 aliphatic carbocycles. The van der Waals surface area contributed by atoms with Gasteiger partial charge in [0.05, 0.1) is 19.7 Å². The summed E-state index contributed by atoms with van der Waals surface area (Å²) in [6.45, 7) is 3.02. The zero-order chi connectivity index (χ0) is 18.5. The van der Waals surface area contributed by atoms with E-state index in [1.807, 2.05) is 29.2 Å². The third-order valence-corrected chi connectivity index (χ3v) is 5.53. The molecule has 1 N–H and O–H groups in total. The van der Waals surface area contributed by atoms with Crippen LogP contribution in [0.5, 0.6) is 0 Å². The van der Waals surface area contributed by atoms with E-state index in [0.717, 1.165) is 45.5 Å². The maximum atomic E-state index is 12.4. The van der Waals surface area contributed by atoms with Gasteiger partial charge < -0.3 is 15.0 Å². The fourth-order valence-corrected chi connectivity index (χ4v) is 3.83. The molecule has 1 aromatic heterocycles. The van der Waals surface area contributed by atoms with Crippen LogP contribution in [0.1, 0.15) is 24.8 Å². The Bertz CT molecular complexity index is 737. The van der Waals surface area contributed by atoms with E-state index in [2.05, 4.69) is 27.4 Å². The SMILES string of the molecule is O=C(CCc1ccccc1)N1CC2(CCC(CNc3ncccn3)CO2)C1. The van der Waals surface area contributed by atoms with Crippen molar-refractivity contribution in [3.63, 3.8) is 0 Å². The Balaban J connectivity index is 1.17. The fraction of sp³-hybridized carbons (Fsp3) is 0.476. The molecule has 1 aromatic carbocycles. The van der Waals surface area contributed by atoms with Gasteiger partial charge in [-0.2, -0.15) is 0 Å². The third-order valence-electron chi connectivity index (χ3n) is 5.53. The Morgan fingerprint density at radius 2 is 1.96 bits per heavy atom. The van der Waals surface area contributed by atoms with Crippen LogP contribution in [-0.2, 0) is 16.0 Å². The van der Waals surface area contributed by atoms with Crippen molar-refractivity contribution in [2.24, 2.45) is 5.92 Å². The number of amides is 1. The number of hydrogen-bond donors (Lipinski definition) is 1. The van der Waals surface area contributed by atoms with Gasteiger partial charge in [0.15, 0.2) is 0 Å². The molecule has 1 amide bonds. The Labute approximate surface area is 160 Å². The van der Waals surface area contributed by atoms with Crippen molar-refractivity contribution < 1.29 is 9.53 Å². The number of ether oxygens (including phenoxy) is 1. The molecule has 1 unspecified atom stereocenters. The summed E-state index contributed by atoms with van der Waals surface area (Å²) in [5.74, 6) is 1.36. The van der Waals surface area contributed by atoms with Gasteiger partial charge in [0.1, 0.15) is 5.60 Å². The molecular weight excluding hydrogens is 340 g/mol. The van der Waals surface area contributed by atoms with Gasteiger partial charge in [0.25, 0.3) is 0 Å². The highest BCUT2D eigenvalue weighted by Crippen LogP contribution is 2.36. The number of hydrogen-bond acceptors (Lipinski definition) is 5. The fourth-order valence-electron chi connectivity index (χ4n) is 3.83. The number of benzene rings is 1. The van der Waals surface area contributed by atoms with Crippen LogP contribution in [0, 0.1) is 5.92 Å². The second-order valence-electron chi connectivity index (χ2n) is 7.59. The number of carbonyl (C=O) groups excluding carboxylic acids is 1. The highest BCUT2D eigenvalue weighted by molar-refractivity contribution is 5.77. The van der Waals surface area contributed by atoms with Crippen molar-refractivity contribution in [3.05, 3.63) is 54.4 Å². The molecule has 2 aromatic rings. The quantitative estimate of drug-likeness (QED) is 0.851. The van der Waals surface area contributed by atoms with Crippen molar-refractivity contribution >= 4 is 11.9 Å². The summed E-state index contributed by atoms with van der Waals surface area (Å²) < 4.78 is 6.17. The van der Waals surface area contributed by atoms with Crippen LogP contribution in [0.25, 0.3) is 0 Å². The minimum absolute atomic E-state index is 0.109. The summed E-state index contributed by atoms with van der Waals surface area (Å²) in [4.78, 5) is 22.7. The second-order valence-corrected chi connectivity index (χ2v) is 7.59. The number of likely N-dealkylation sites (tertiary alicyclic amines) is 1. The van der Waals surface area contributed by atoms with Crippen LogP contribution in [-0.4, -0.2) is 52.6 Å². The van der Waals surface area contributed by atoms with Crippen LogP contribution in [0.3, 0.4) is 0 Å². The number of rotatable bonds is 6. The van der Waals surface area contributed by atoms with Gasteiger partial charge in [-0.3, -0.25) is 4.79 Å². The summed E-state index contributed by atoms with van der Waals surface area (Å²) >= 11 is 0. The summed E-state index contributed by atoms with van der Waals surface area (Å²) in [5, 5.41) is 3.27. The molecule has 1 atom stereocenters. The normalized spacial score (nSPS) is 20.9. The highest BCUT2D eigenvalue weighted by Gasteiger charge is 2.48. The van der Waals surface area contributed by atoms with Crippen LogP contribution >= 0.6 is 0 Å². The first-order valence-electron chi connectivity index (χ1n) is 9.69. The molecule has 142 valence electrons. The van der Waals surface area contributed by atoms with Gasteiger partial charge in [0, 0.05) is 25.4 Å². The highest BCUT2D eigenvalue weighted by atomic mass is 16.5. The molecule has 2 aliphatic rings. The van der Waals surface area contributed by atoms with Crippen LogP contribution in [0.15, 0.2) is 48.8 Å². The first kappa shape index (κ1) is 17.9. The van der Waals surface area contributed by atoms with Crippen LogP contribution < -0.4 is 5.32 Å². The minimum Gasteiger partial charge on any atom is -0.371 e. The Morgan fingerprint density at radius 1 is 1.19 bits per heavy atom. The zero-order valence-electron chi connectivity index (χ0n) is 15.5. The van der Waals surface area contributed by atoms with Crippen molar-refractivity contribution in [2.75, 3.05) is 31.6 Å². The smallest absolute Gasteiger partial charge is 0.223 e. The van der Waals surface area contributed by atoms with Crippen molar-refractivity contribution in [2.45, 2.75) is 31.3 Å². The molecule has 2 aliphatic heterocycles. The monoisotopic (exact) mass is 366 g/mol. The molecule has 2 saturated heterocycles. The van der Waals surface area contributed by atoms with Gasteiger partial charge in [-0.1, -0.05) is 30.3 Å². The van der Waals surface area contributed by atoms with E-state index in [0.29, 0.717) is 18.3 Å². The average Bonchev–Trinajstić information content (AvgIpc) is 2.71. The summed E-state index contributed by atoms with van der Waals surface area (Å²) in [6.07, 6.45) is 6.96. The van der Waals surface area contributed by atoms with E-state index < -0.39 is 0 Å². The maximum Gasteiger partial charge on any atom is 0.223 e. The maximum absolute atomic E-state index is 12.4. The molecule has 0 radical (unpaired) electrons. The number of aryl methyl sites for hydroxylation is 1. The predicted octanol–water partition coefficient (Wildman–Crippen LogP) is 2.53. The summed E-state index contributed by atoms with van der Waals surface area (Å²) in [5.41, 5.74) is 1.11. The summed E-state index contributed by atoms with van der Waals surface area (Å²) in [6, 6.07) is 12.0. The number of anilines is 1. The zero-order valence-corrected chi connectivity index (χ0v) is 15.5. The first-order chi connectivity index (χ1) is 13.2. The van der Waals surface area contributed by atoms with E-state index >= 15 is 0 Å². The molecule has 27 heavy (non-hydrogen) atoms. The standard InChI is InChI=1S/C21H26N4O2/c26-19(8-7-17-5-2-1-3-6-17)25-15-21(16-25)10-9-18(14-27-21)13-24-20-22-11-4-12-23-20/h1-6,11-12,18H,7-10,13-16H2,(H,22,23,24). The molecule has 2 fully saturated rings. The van der Waals surface area contributed by atoms with E-state index in [4.69, 9.17) is 4.74 Å². The third kappa shape index (κ3) is 4.45. The lowest BCUT2D eigenvalue weighted by atomic mass is 9.82. The van der Waals surface area contributed by atoms with Gasteiger partial charge >= 0.3 is 0 Å². The molecular formula is C21H26N4O2. The predicted molar refractivity (Wildman–Crippen MR) is 103 cm³/mol. The number of carbonyl (C=O) groups is 1. The minimum atomic E-state index is -0.109. The first-order valence-corrected chi connectivity index (χ1v) is 9.69. The molecule has 0 saturated carbocycles. The van der Waals surface area contributed by atoms with Crippen molar-refractivity contribution in [1.82, 2.24) is 14.9 Å². The topological polar surface area (TPSA) is 67.4 Å².